The van der Waals surface area contributed by atoms with Crippen molar-refractivity contribution in [1.29, 1.82) is 0 Å². The van der Waals surface area contributed by atoms with Gasteiger partial charge in [-0.1, -0.05) is 0 Å². The molecule has 5 nitrogen and oxygen atoms in total. The molecule has 136 valence electrons. The van der Waals surface area contributed by atoms with Crippen LogP contribution >= 0.6 is 0 Å². The van der Waals surface area contributed by atoms with Crippen LogP contribution in [0.15, 0.2) is 4.99 Å². The third-order valence-electron chi connectivity index (χ3n) is 3.05. The highest BCUT2D eigenvalue weighted by Crippen LogP contribution is 2.31. The molecule has 0 saturated carbocycles. The molecule has 1 aliphatic heterocycles. The number of ether oxygens (including phenoxy) is 1. The Labute approximate surface area is 131 Å². The topological polar surface area (TPSA) is 82.3 Å². The SMILES string of the molecule is CO.OC(CC1N=C(CF)OC1O)c1c(F)c(F)c(F)c(F)c1F. The zero-order valence-electron chi connectivity index (χ0n) is 12.1. The van der Waals surface area contributed by atoms with Crippen molar-refractivity contribution in [1.82, 2.24) is 0 Å². The lowest BCUT2D eigenvalue weighted by Gasteiger charge is -2.18. The Morgan fingerprint density at radius 1 is 1.00 bits per heavy atom. The molecule has 0 bridgehead atoms. The number of benzene rings is 1. The number of hydrogen-bond acceptors (Lipinski definition) is 5. The van der Waals surface area contributed by atoms with Crippen molar-refractivity contribution in [3.8, 4) is 0 Å². The molecule has 0 aliphatic carbocycles. The van der Waals surface area contributed by atoms with Gasteiger partial charge in [0.25, 0.3) is 0 Å². The normalized spacial score (nSPS) is 20.8. The number of aliphatic hydroxyl groups is 3. The lowest BCUT2D eigenvalue weighted by Crippen LogP contribution is -2.25. The van der Waals surface area contributed by atoms with E-state index in [1.807, 2.05) is 0 Å². The van der Waals surface area contributed by atoms with Gasteiger partial charge in [0, 0.05) is 13.5 Å². The van der Waals surface area contributed by atoms with Crippen LogP contribution in [0, 0.1) is 29.1 Å². The Balaban J connectivity index is 0.00000139. The van der Waals surface area contributed by atoms with E-state index in [1.54, 1.807) is 0 Å². The summed E-state index contributed by atoms with van der Waals surface area (Å²) in [4.78, 5) is 3.48. The Morgan fingerprint density at radius 2 is 1.46 bits per heavy atom. The first kappa shape index (κ1) is 20.2. The first-order valence-electron chi connectivity index (χ1n) is 6.39. The van der Waals surface area contributed by atoms with Crippen LogP contribution in [-0.4, -0.2) is 47.3 Å². The minimum Gasteiger partial charge on any atom is -0.447 e. The van der Waals surface area contributed by atoms with Gasteiger partial charge in [-0.25, -0.2) is 31.3 Å². The molecule has 1 aromatic rings. The molecule has 0 radical (unpaired) electrons. The van der Waals surface area contributed by atoms with Crippen LogP contribution in [0.3, 0.4) is 0 Å². The summed E-state index contributed by atoms with van der Waals surface area (Å²) in [6.07, 6.45) is -4.60. The Bertz CT molecular complexity index is 598. The van der Waals surface area contributed by atoms with E-state index >= 15 is 0 Å². The zero-order valence-corrected chi connectivity index (χ0v) is 12.1. The van der Waals surface area contributed by atoms with Crippen LogP contribution in [0.5, 0.6) is 0 Å². The molecule has 0 saturated heterocycles. The lowest BCUT2D eigenvalue weighted by atomic mass is 10.00. The number of aliphatic imine (C=N–C) groups is 1. The highest BCUT2D eigenvalue weighted by atomic mass is 19.2. The van der Waals surface area contributed by atoms with Gasteiger partial charge >= 0.3 is 0 Å². The summed E-state index contributed by atoms with van der Waals surface area (Å²) >= 11 is 0. The van der Waals surface area contributed by atoms with Crippen LogP contribution in [0.25, 0.3) is 0 Å². The number of alkyl halides is 1. The highest BCUT2D eigenvalue weighted by molar-refractivity contribution is 5.78. The molecule has 24 heavy (non-hydrogen) atoms. The standard InChI is InChI=1S/C12H9F6NO3.CH4O/c13-2-5-19-3(12(21)22-5)1-4(20)6-7(14)9(16)11(18)10(17)8(6)15;1-2/h3-4,12,20-21H,1-2H2;2H,1H3. The fraction of sp³-hybridized carbons (Fsp3) is 0.462. The van der Waals surface area contributed by atoms with Crippen LogP contribution in [0.1, 0.15) is 18.1 Å². The first-order valence-corrected chi connectivity index (χ1v) is 6.39. The van der Waals surface area contributed by atoms with Gasteiger partial charge < -0.3 is 20.1 Å². The Hall–Kier alpha value is -1.85. The summed E-state index contributed by atoms with van der Waals surface area (Å²) in [5, 5.41) is 26.1. The van der Waals surface area contributed by atoms with E-state index < -0.39 is 72.1 Å². The van der Waals surface area contributed by atoms with Crippen molar-refractivity contribution in [2.75, 3.05) is 13.8 Å². The second kappa shape index (κ2) is 8.31. The summed E-state index contributed by atoms with van der Waals surface area (Å²) in [6, 6.07) is -1.31. The third-order valence-corrected chi connectivity index (χ3v) is 3.05. The fourth-order valence-electron chi connectivity index (χ4n) is 1.99. The van der Waals surface area contributed by atoms with Crippen LogP contribution in [0.2, 0.25) is 0 Å². The molecular weight excluding hydrogens is 348 g/mol. The molecule has 1 aromatic carbocycles. The van der Waals surface area contributed by atoms with E-state index in [0.717, 1.165) is 7.11 Å². The summed E-state index contributed by atoms with van der Waals surface area (Å²) < 4.78 is 82.8. The van der Waals surface area contributed by atoms with Gasteiger partial charge in [0.1, 0.15) is 6.04 Å². The molecule has 3 atom stereocenters. The maximum Gasteiger partial charge on any atom is 0.221 e. The van der Waals surface area contributed by atoms with Crippen molar-refractivity contribution in [3.63, 3.8) is 0 Å². The number of hydrogen-bond donors (Lipinski definition) is 3. The van der Waals surface area contributed by atoms with Gasteiger partial charge in [-0.15, -0.1) is 0 Å². The van der Waals surface area contributed by atoms with Gasteiger partial charge in [0.15, 0.2) is 29.9 Å². The molecule has 11 heteroatoms. The Morgan fingerprint density at radius 3 is 1.88 bits per heavy atom. The lowest BCUT2D eigenvalue weighted by molar-refractivity contribution is -0.0390. The molecule has 0 fully saturated rings. The molecule has 3 N–H and O–H groups in total. The van der Waals surface area contributed by atoms with Crippen LogP contribution in [0.4, 0.5) is 26.3 Å². The average molecular weight is 361 g/mol. The van der Waals surface area contributed by atoms with E-state index in [0.29, 0.717) is 0 Å². The molecular formula is C13H13F6NO4. The van der Waals surface area contributed by atoms with Gasteiger partial charge in [-0.3, -0.25) is 0 Å². The van der Waals surface area contributed by atoms with Crippen molar-refractivity contribution in [2.45, 2.75) is 24.9 Å². The molecule has 2 rings (SSSR count). The predicted octanol–water partition coefficient (Wildman–Crippen LogP) is 1.50. The largest absolute Gasteiger partial charge is 0.447 e. The van der Waals surface area contributed by atoms with E-state index in [-0.39, 0.29) is 0 Å². The minimum atomic E-state index is -2.35. The summed E-state index contributed by atoms with van der Waals surface area (Å²) in [5.41, 5.74) is -1.45. The van der Waals surface area contributed by atoms with E-state index in [2.05, 4.69) is 9.73 Å². The van der Waals surface area contributed by atoms with Crippen molar-refractivity contribution in [3.05, 3.63) is 34.6 Å². The quantitative estimate of drug-likeness (QED) is 0.431. The molecule has 1 aliphatic rings. The van der Waals surface area contributed by atoms with E-state index in [4.69, 9.17) is 5.11 Å². The average Bonchev–Trinajstić information content (AvgIpc) is 2.93. The first-order chi connectivity index (χ1) is 11.3. The maximum absolute atomic E-state index is 13.5. The number of rotatable bonds is 4. The molecule has 3 unspecified atom stereocenters. The van der Waals surface area contributed by atoms with Crippen molar-refractivity contribution >= 4 is 5.90 Å². The van der Waals surface area contributed by atoms with Gasteiger partial charge in [-0.05, 0) is 0 Å². The van der Waals surface area contributed by atoms with Gasteiger partial charge in [0.2, 0.25) is 18.0 Å². The third kappa shape index (κ3) is 3.79. The van der Waals surface area contributed by atoms with Crippen molar-refractivity contribution in [2.24, 2.45) is 4.99 Å². The maximum atomic E-state index is 13.5. The van der Waals surface area contributed by atoms with E-state index in [1.165, 1.54) is 0 Å². The second-order valence-corrected chi connectivity index (χ2v) is 4.47. The molecule has 0 spiro atoms. The predicted molar refractivity (Wildman–Crippen MR) is 68.2 cm³/mol. The zero-order chi connectivity index (χ0) is 18.6. The summed E-state index contributed by atoms with van der Waals surface area (Å²) in [6.45, 7) is -1.16. The van der Waals surface area contributed by atoms with Crippen molar-refractivity contribution < 1.29 is 46.4 Å². The van der Waals surface area contributed by atoms with Gasteiger partial charge in [0.05, 0.1) is 11.7 Å². The smallest absolute Gasteiger partial charge is 0.221 e. The van der Waals surface area contributed by atoms with Crippen LogP contribution < -0.4 is 0 Å². The van der Waals surface area contributed by atoms with E-state index in [9.17, 15) is 36.6 Å². The monoisotopic (exact) mass is 361 g/mol. The van der Waals surface area contributed by atoms with Gasteiger partial charge in [-0.2, -0.15) is 0 Å². The molecule has 1 heterocycles. The Kier molecular flexibility index (Phi) is 6.99. The molecule has 0 amide bonds. The number of nitrogens with zero attached hydrogens (tertiary/aromatic N) is 1. The summed E-state index contributed by atoms with van der Waals surface area (Å²) in [7, 11) is 1.00. The summed E-state index contributed by atoms with van der Waals surface area (Å²) in [5.74, 6) is -11.6. The molecule has 0 aromatic heterocycles. The van der Waals surface area contributed by atoms with Crippen LogP contribution in [-0.2, 0) is 4.74 Å². The fourth-order valence-corrected chi connectivity index (χ4v) is 1.99. The minimum absolute atomic E-state index is 0.498. The number of aliphatic hydroxyl groups excluding tert-OH is 3. The number of halogens is 6. The highest BCUT2D eigenvalue weighted by Gasteiger charge is 2.35. The second-order valence-electron chi connectivity index (χ2n) is 4.47.